The number of para-hydroxylation sites is 1. The number of hydrogen-bond donors (Lipinski definition) is 2. The first-order valence-corrected chi connectivity index (χ1v) is 21.0. The third-order valence-electron chi connectivity index (χ3n) is 13.3. The van der Waals surface area contributed by atoms with Crippen LogP contribution in [0, 0.1) is 11.7 Å². The van der Waals surface area contributed by atoms with E-state index in [9.17, 15) is 19.2 Å². The van der Waals surface area contributed by atoms with Crippen LogP contribution >= 0.6 is 0 Å². The van der Waals surface area contributed by atoms with Crippen LogP contribution in [-0.4, -0.2) is 91.2 Å². The van der Waals surface area contributed by atoms with E-state index in [0.29, 0.717) is 28.6 Å². The van der Waals surface area contributed by atoms with E-state index >= 15 is 4.39 Å². The van der Waals surface area contributed by atoms with Crippen molar-refractivity contribution in [3.05, 3.63) is 90.0 Å². The van der Waals surface area contributed by atoms with E-state index in [1.165, 1.54) is 12.4 Å². The highest BCUT2D eigenvalue weighted by Crippen LogP contribution is 2.44. The monoisotopic (exact) mass is 811 g/mol. The van der Waals surface area contributed by atoms with Crippen LogP contribution in [0.15, 0.2) is 73.1 Å². The zero-order valence-corrected chi connectivity index (χ0v) is 33.1. The molecule has 14 nitrogen and oxygen atoms in total. The fourth-order valence-corrected chi connectivity index (χ4v) is 10.6. The Hall–Kier alpha value is -6.06. The molecule has 0 radical (unpaired) electrons. The summed E-state index contributed by atoms with van der Waals surface area (Å²) in [5.74, 6) is 0.487. The number of nitrogens with two attached hydrogens (primary N) is 1. The molecule has 60 heavy (non-hydrogen) atoms. The van der Waals surface area contributed by atoms with Crippen LogP contribution in [0.5, 0.6) is 11.5 Å². The normalized spacial score (nSPS) is 25.6. The second-order valence-corrected chi connectivity index (χ2v) is 16.9. The molecule has 3 saturated heterocycles. The van der Waals surface area contributed by atoms with Crippen LogP contribution in [0.4, 0.5) is 15.9 Å². The first-order chi connectivity index (χ1) is 29.2. The van der Waals surface area contributed by atoms with Crippen molar-refractivity contribution in [3.63, 3.8) is 0 Å². The van der Waals surface area contributed by atoms with Gasteiger partial charge in [-0.3, -0.25) is 34.3 Å². The van der Waals surface area contributed by atoms with Crippen molar-refractivity contribution >= 4 is 46.4 Å². The zero-order chi connectivity index (χ0) is 41.1. The maximum absolute atomic E-state index is 16.1. The highest BCUT2D eigenvalue weighted by Gasteiger charge is 2.46. The quantitative estimate of drug-likeness (QED) is 0.103. The number of imide groups is 1. The van der Waals surface area contributed by atoms with Gasteiger partial charge in [0.2, 0.25) is 17.6 Å². The van der Waals surface area contributed by atoms with Gasteiger partial charge in [0.1, 0.15) is 41.2 Å². The fourth-order valence-electron chi connectivity index (χ4n) is 10.6. The number of anilines is 2. The lowest BCUT2D eigenvalue weighted by Gasteiger charge is -2.44. The first kappa shape index (κ1) is 38.2. The number of nitrogens with one attached hydrogen (secondary N) is 1. The summed E-state index contributed by atoms with van der Waals surface area (Å²) in [7, 11) is 0. The molecule has 1 saturated carbocycles. The number of amides is 2. The lowest BCUT2D eigenvalue weighted by Crippen LogP contribution is -2.55. The number of likely N-dealkylation sites (tertiary alicyclic amines) is 1. The number of piperidine rings is 1. The number of nitrogen functional groups attached to an aromatic ring is 1. The number of aldehydes is 1. The predicted molar refractivity (Wildman–Crippen MR) is 220 cm³/mol. The highest BCUT2D eigenvalue weighted by molar-refractivity contribution is 6.27. The number of carbonyl (C=O) groups is 4. The number of carbonyl (C=O) groups excluding carboxylic acids is 4. The minimum atomic E-state index is -1.00. The third-order valence-corrected chi connectivity index (χ3v) is 13.3. The van der Waals surface area contributed by atoms with E-state index in [2.05, 4.69) is 29.8 Å². The van der Waals surface area contributed by atoms with E-state index in [1.54, 1.807) is 11.0 Å². The smallest absolute Gasteiger partial charge is 0.243 e. The number of hydrogen-bond acceptors (Lipinski definition) is 12. The minimum Gasteiger partial charge on any atom is -0.457 e. The molecule has 2 amide bonds. The van der Waals surface area contributed by atoms with Crippen molar-refractivity contribution in [2.75, 3.05) is 30.3 Å². The summed E-state index contributed by atoms with van der Waals surface area (Å²) in [6, 6.07) is 19.3. The van der Waals surface area contributed by atoms with Crippen molar-refractivity contribution in [1.29, 1.82) is 0 Å². The van der Waals surface area contributed by atoms with Gasteiger partial charge in [0, 0.05) is 50.2 Å². The van der Waals surface area contributed by atoms with Gasteiger partial charge in [-0.25, -0.2) is 19.0 Å². The standard InChI is InChI=1S/C45H46FN9O5/c46-35-18-28-21-53(36-16-17-39(58)50-45(36)59)42(38(57)24-56)34(28)19-37(35)54-30-12-13-31(54)23-52(22-30)20-26-6-10-29(11-7-26)55-44-40(43(47)48-25-49-44)41(51-55)27-8-14-33(15-9-27)60-32-4-2-1-3-5-32/h1-5,8-9,14-15,18-19,24-26,29-31,36,42H,6-7,10-13,16-17,20-23H2,(H2,47,48,49)(H,50,58,59). The largest absolute Gasteiger partial charge is 0.457 e. The lowest BCUT2D eigenvalue weighted by molar-refractivity contribution is -0.141. The molecule has 15 heteroatoms. The van der Waals surface area contributed by atoms with Crippen LogP contribution in [0.1, 0.15) is 74.6 Å². The van der Waals surface area contributed by atoms with E-state index < -0.39 is 23.8 Å². The number of halogens is 1. The Morgan fingerprint density at radius 1 is 0.900 bits per heavy atom. The van der Waals surface area contributed by atoms with E-state index in [0.717, 1.165) is 91.9 Å². The molecular formula is C45H46FN9O5. The van der Waals surface area contributed by atoms with Gasteiger partial charge in [0.25, 0.3) is 0 Å². The van der Waals surface area contributed by atoms with Gasteiger partial charge in [-0.2, -0.15) is 5.10 Å². The highest BCUT2D eigenvalue weighted by atomic mass is 19.1. The van der Waals surface area contributed by atoms with Gasteiger partial charge in [0.05, 0.1) is 23.2 Å². The maximum atomic E-state index is 16.1. The molecule has 4 unspecified atom stereocenters. The zero-order valence-electron chi connectivity index (χ0n) is 33.1. The number of piperazine rings is 1. The maximum Gasteiger partial charge on any atom is 0.243 e. The SMILES string of the molecule is Nc1ncnc2c1c(-c1ccc(Oc3ccccc3)cc1)nn2C1CCC(CN2CC3CCC(C2)N3c2cc3c(cc2F)CN(C2CCC(=O)NC2=O)C3C(=O)C=O)CC1. The average molecular weight is 812 g/mol. The van der Waals surface area contributed by atoms with E-state index in [1.807, 2.05) is 54.6 Å². The van der Waals surface area contributed by atoms with E-state index in [-0.39, 0.29) is 55.5 Å². The summed E-state index contributed by atoms with van der Waals surface area (Å²) in [5, 5.41) is 8.22. The molecular weight excluding hydrogens is 766 g/mol. The van der Waals surface area contributed by atoms with Gasteiger partial charge in [-0.05, 0) is 111 Å². The lowest BCUT2D eigenvalue weighted by atomic mass is 9.85. The number of aromatic nitrogens is 4. The molecule has 4 atom stereocenters. The molecule has 10 rings (SSSR count). The molecule has 3 aromatic carbocycles. The number of ether oxygens (including phenoxy) is 1. The molecule has 4 aliphatic heterocycles. The summed E-state index contributed by atoms with van der Waals surface area (Å²) in [6.45, 7) is 2.73. The summed E-state index contributed by atoms with van der Waals surface area (Å²) in [6.07, 6.45) is 8.02. The van der Waals surface area contributed by atoms with E-state index in [4.69, 9.17) is 15.6 Å². The van der Waals surface area contributed by atoms with Gasteiger partial charge >= 0.3 is 0 Å². The summed E-state index contributed by atoms with van der Waals surface area (Å²) < 4.78 is 24.1. The molecule has 2 aromatic heterocycles. The van der Waals surface area contributed by atoms with Gasteiger partial charge in [-0.15, -0.1) is 0 Å². The Morgan fingerprint density at radius 3 is 2.33 bits per heavy atom. The van der Waals surface area contributed by atoms with Gasteiger partial charge < -0.3 is 15.4 Å². The number of fused-ring (bicyclic) bond motifs is 4. The number of nitrogens with zero attached hydrogens (tertiary/aromatic N) is 7. The summed E-state index contributed by atoms with van der Waals surface area (Å²) in [4.78, 5) is 65.0. The van der Waals surface area contributed by atoms with Crippen molar-refractivity contribution < 1.29 is 28.3 Å². The molecule has 5 aliphatic rings. The minimum absolute atomic E-state index is 0.110. The van der Waals surface area contributed by atoms with Crippen LogP contribution in [0.25, 0.3) is 22.3 Å². The van der Waals surface area contributed by atoms with Crippen LogP contribution in [0.3, 0.4) is 0 Å². The number of Topliss-reactive ketones (excluding diaryl/α,β-unsaturated/α-hetero) is 1. The van der Waals surface area contributed by atoms with Crippen molar-refractivity contribution in [1.82, 2.24) is 34.9 Å². The first-order valence-electron chi connectivity index (χ1n) is 21.0. The van der Waals surface area contributed by atoms with Crippen LogP contribution < -0.4 is 20.7 Å². The topological polar surface area (TPSA) is 169 Å². The number of ketones is 1. The number of benzene rings is 3. The van der Waals surface area contributed by atoms with Crippen molar-refractivity contribution in [2.45, 2.75) is 88.1 Å². The average Bonchev–Trinajstić information content (AvgIpc) is 3.90. The molecule has 2 bridgehead atoms. The second kappa shape index (κ2) is 15.5. The summed E-state index contributed by atoms with van der Waals surface area (Å²) >= 11 is 0. The summed E-state index contributed by atoms with van der Waals surface area (Å²) in [5.41, 5.74) is 10.4. The molecule has 4 fully saturated rings. The Bertz CT molecular complexity index is 2470. The van der Waals surface area contributed by atoms with Gasteiger partial charge in [-0.1, -0.05) is 18.2 Å². The Balaban J connectivity index is 0.805. The Labute approximate surface area is 345 Å². The fraction of sp³-hybridized carbons (Fsp3) is 0.400. The Kier molecular flexibility index (Phi) is 9.87. The van der Waals surface area contributed by atoms with Crippen molar-refractivity contribution in [3.8, 4) is 22.8 Å². The second-order valence-electron chi connectivity index (χ2n) is 16.9. The predicted octanol–water partition coefficient (Wildman–Crippen LogP) is 5.52. The van der Waals surface area contributed by atoms with Crippen LogP contribution in [0.2, 0.25) is 0 Å². The molecule has 3 N–H and O–H groups in total. The third kappa shape index (κ3) is 6.88. The molecule has 5 aromatic rings. The van der Waals surface area contributed by atoms with Crippen LogP contribution in [-0.2, 0) is 25.7 Å². The Morgan fingerprint density at radius 2 is 1.62 bits per heavy atom. The van der Waals surface area contributed by atoms with Crippen molar-refractivity contribution in [2.24, 2.45) is 5.92 Å². The van der Waals surface area contributed by atoms with Gasteiger partial charge in [0.15, 0.2) is 11.9 Å². The number of rotatable bonds is 10. The molecule has 308 valence electrons. The molecule has 0 spiro atoms. The molecule has 1 aliphatic carbocycles. The molecule has 6 heterocycles.